The SMILES string of the molecule is CCNC(CN)(C(=O)C1(C)CC1)c1ccccc1. The molecule has 98 valence electrons. The molecule has 0 bridgehead atoms. The number of ketones is 1. The lowest BCUT2D eigenvalue weighted by atomic mass is 9.79. The predicted molar refractivity (Wildman–Crippen MR) is 73.2 cm³/mol. The summed E-state index contributed by atoms with van der Waals surface area (Å²) in [6.07, 6.45) is 1.96. The fraction of sp³-hybridized carbons (Fsp3) is 0.533. The highest BCUT2D eigenvalue weighted by atomic mass is 16.1. The van der Waals surface area contributed by atoms with Crippen molar-refractivity contribution in [3.8, 4) is 0 Å². The third-order valence-corrected chi connectivity index (χ3v) is 3.99. The van der Waals surface area contributed by atoms with Gasteiger partial charge in [-0.05, 0) is 24.9 Å². The van der Waals surface area contributed by atoms with Gasteiger partial charge in [0.05, 0.1) is 0 Å². The maximum absolute atomic E-state index is 12.8. The van der Waals surface area contributed by atoms with E-state index in [2.05, 4.69) is 5.32 Å². The minimum Gasteiger partial charge on any atom is -0.328 e. The Balaban J connectivity index is 2.42. The van der Waals surface area contributed by atoms with Crippen LogP contribution in [-0.4, -0.2) is 18.9 Å². The van der Waals surface area contributed by atoms with Crippen molar-refractivity contribution < 1.29 is 4.79 Å². The first kappa shape index (κ1) is 13.2. The second kappa shape index (κ2) is 4.82. The van der Waals surface area contributed by atoms with E-state index in [1.54, 1.807) is 0 Å². The minimum absolute atomic E-state index is 0.183. The molecule has 3 N–H and O–H groups in total. The van der Waals surface area contributed by atoms with Crippen LogP contribution in [-0.2, 0) is 10.3 Å². The summed E-state index contributed by atoms with van der Waals surface area (Å²) in [6, 6.07) is 9.84. The lowest BCUT2D eigenvalue weighted by molar-refractivity contribution is -0.130. The third kappa shape index (κ3) is 2.08. The summed E-state index contributed by atoms with van der Waals surface area (Å²) in [4.78, 5) is 12.8. The van der Waals surface area contributed by atoms with E-state index in [1.165, 1.54) is 0 Å². The summed E-state index contributed by atoms with van der Waals surface area (Å²) in [6.45, 7) is 5.09. The minimum atomic E-state index is -0.721. The summed E-state index contributed by atoms with van der Waals surface area (Å²) < 4.78 is 0. The van der Waals surface area contributed by atoms with Crippen molar-refractivity contribution in [2.24, 2.45) is 11.1 Å². The molecule has 1 aliphatic rings. The molecule has 0 heterocycles. The van der Waals surface area contributed by atoms with Gasteiger partial charge in [-0.2, -0.15) is 0 Å². The Morgan fingerprint density at radius 1 is 1.39 bits per heavy atom. The Bertz CT molecular complexity index is 425. The van der Waals surface area contributed by atoms with Gasteiger partial charge in [0.25, 0.3) is 0 Å². The molecule has 18 heavy (non-hydrogen) atoms. The number of rotatable bonds is 6. The molecular weight excluding hydrogens is 224 g/mol. The average Bonchev–Trinajstić information content (AvgIpc) is 3.16. The first-order valence-electron chi connectivity index (χ1n) is 6.64. The highest BCUT2D eigenvalue weighted by Gasteiger charge is 2.53. The van der Waals surface area contributed by atoms with E-state index in [1.807, 2.05) is 44.2 Å². The molecule has 0 amide bonds. The Hall–Kier alpha value is -1.19. The zero-order valence-corrected chi connectivity index (χ0v) is 11.2. The standard InChI is InChI=1S/C15H22N2O/c1-3-17-15(11-16,12-7-5-4-6-8-12)13(18)14(2)9-10-14/h4-8,17H,3,9-11,16H2,1-2H3. The van der Waals surface area contributed by atoms with Crippen LogP contribution in [0.25, 0.3) is 0 Å². The van der Waals surface area contributed by atoms with E-state index in [-0.39, 0.29) is 11.2 Å². The van der Waals surface area contributed by atoms with Gasteiger partial charge in [0.2, 0.25) is 0 Å². The number of nitrogens with two attached hydrogens (primary N) is 1. The molecule has 2 rings (SSSR count). The summed E-state index contributed by atoms with van der Waals surface area (Å²) in [5, 5.41) is 3.33. The summed E-state index contributed by atoms with van der Waals surface area (Å²) in [7, 11) is 0. The van der Waals surface area contributed by atoms with E-state index < -0.39 is 5.54 Å². The molecule has 3 nitrogen and oxygen atoms in total. The number of nitrogens with one attached hydrogen (secondary N) is 1. The van der Waals surface area contributed by atoms with Crippen molar-refractivity contribution in [1.82, 2.24) is 5.32 Å². The van der Waals surface area contributed by atoms with E-state index in [4.69, 9.17) is 5.73 Å². The normalized spacial score (nSPS) is 20.2. The fourth-order valence-corrected chi connectivity index (χ4v) is 2.55. The number of benzene rings is 1. The van der Waals surface area contributed by atoms with Crippen LogP contribution in [0.1, 0.15) is 32.3 Å². The zero-order valence-electron chi connectivity index (χ0n) is 11.2. The molecule has 0 aliphatic heterocycles. The highest BCUT2D eigenvalue weighted by molar-refractivity contribution is 5.96. The highest BCUT2D eigenvalue weighted by Crippen LogP contribution is 2.49. The fourth-order valence-electron chi connectivity index (χ4n) is 2.55. The van der Waals surface area contributed by atoms with Gasteiger partial charge in [0, 0.05) is 12.0 Å². The van der Waals surface area contributed by atoms with Crippen molar-refractivity contribution in [3.63, 3.8) is 0 Å². The Morgan fingerprint density at radius 2 is 2.00 bits per heavy atom. The first-order valence-corrected chi connectivity index (χ1v) is 6.64. The smallest absolute Gasteiger partial charge is 0.164 e. The number of likely N-dealkylation sites (N-methyl/N-ethyl adjacent to an activating group) is 1. The van der Waals surface area contributed by atoms with Gasteiger partial charge in [-0.1, -0.05) is 44.2 Å². The molecule has 0 radical (unpaired) electrons. The maximum Gasteiger partial charge on any atom is 0.164 e. The largest absolute Gasteiger partial charge is 0.328 e. The molecule has 1 aromatic rings. The maximum atomic E-state index is 12.8. The van der Waals surface area contributed by atoms with Crippen LogP contribution in [0.4, 0.5) is 0 Å². The van der Waals surface area contributed by atoms with Gasteiger partial charge in [0.1, 0.15) is 5.54 Å². The van der Waals surface area contributed by atoms with Gasteiger partial charge in [-0.15, -0.1) is 0 Å². The molecule has 0 spiro atoms. The van der Waals surface area contributed by atoms with Gasteiger partial charge in [-0.3, -0.25) is 4.79 Å². The van der Waals surface area contributed by atoms with Crippen LogP contribution in [0, 0.1) is 5.41 Å². The Morgan fingerprint density at radius 3 is 2.44 bits per heavy atom. The zero-order chi connectivity index (χ0) is 13.2. The predicted octanol–water partition coefficient (Wildman–Crippen LogP) is 1.82. The summed E-state index contributed by atoms with van der Waals surface area (Å²) in [5.41, 5.74) is 6.04. The Kier molecular flexibility index (Phi) is 3.55. The molecule has 1 saturated carbocycles. The van der Waals surface area contributed by atoms with E-state index in [0.29, 0.717) is 6.54 Å². The molecule has 1 aliphatic carbocycles. The van der Waals surface area contributed by atoms with E-state index >= 15 is 0 Å². The van der Waals surface area contributed by atoms with E-state index in [9.17, 15) is 4.79 Å². The first-order chi connectivity index (χ1) is 8.59. The molecule has 1 atom stereocenters. The van der Waals surface area contributed by atoms with Crippen LogP contribution in [0.5, 0.6) is 0 Å². The van der Waals surface area contributed by atoms with E-state index in [0.717, 1.165) is 24.9 Å². The molecular formula is C15H22N2O. The second-order valence-corrected chi connectivity index (χ2v) is 5.40. The lowest BCUT2D eigenvalue weighted by Crippen LogP contribution is -2.56. The molecule has 0 aromatic heterocycles. The van der Waals surface area contributed by atoms with Gasteiger partial charge in [-0.25, -0.2) is 0 Å². The second-order valence-electron chi connectivity index (χ2n) is 5.40. The summed E-state index contributed by atoms with van der Waals surface area (Å²) in [5.74, 6) is 0.241. The average molecular weight is 246 g/mol. The molecule has 1 fully saturated rings. The van der Waals surface area contributed by atoms with Crippen molar-refractivity contribution in [3.05, 3.63) is 35.9 Å². The van der Waals surface area contributed by atoms with Crippen molar-refractivity contribution in [2.45, 2.75) is 32.2 Å². The molecule has 1 unspecified atom stereocenters. The molecule has 1 aromatic carbocycles. The third-order valence-electron chi connectivity index (χ3n) is 3.99. The van der Waals surface area contributed by atoms with Crippen LogP contribution in [0.15, 0.2) is 30.3 Å². The monoisotopic (exact) mass is 246 g/mol. The molecule has 3 heteroatoms. The van der Waals surface area contributed by atoms with Crippen LogP contribution < -0.4 is 11.1 Å². The Labute approximate surface area is 109 Å². The van der Waals surface area contributed by atoms with Gasteiger partial charge >= 0.3 is 0 Å². The van der Waals surface area contributed by atoms with Crippen molar-refractivity contribution >= 4 is 5.78 Å². The van der Waals surface area contributed by atoms with Gasteiger partial charge < -0.3 is 11.1 Å². The van der Waals surface area contributed by atoms with Gasteiger partial charge in [0.15, 0.2) is 5.78 Å². The number of carbonyl (C=O) groups is 1. The topological polar surface area (TPSA) is 55.1 Å². The van der Waals surface area contributed by atoms with Crippen molar-refractivity contribution in [1.29, 1.82) is 0 Å². The van der Waals surface area contributed by atoms with Crippen LogP contribution in [0.2, 0.25) is 0 Å². The summed E-state index contributed by atoms with van der Waals surface area (Å²) >= 11 is 0. The quantitative estimate of drug-likeness (QED) is 0.805. The lowest BCUT2D eigenvalue weighted by Gasteiger charge is -2.35. The number of carbonyl (C=O) groups excluding carboxylic acids is 1. The van der Waals surface area contributed by atoms with Crippen molar-refractivity contribution in [2.75, 3.05) is 13.1 Å². The van der Waals surface area contributed by atoms with Crippen LogP contribution >= 0.6 is 0 Å². The van der Waals surface area contributed by atoms with Crippen LogP contribution in [0.3, 0.4) is 0 Å². The number of hydrogen-bond acceptors (Lipinski definition) is 3. The number of hydrogen-bond donors (Lipinski definition) is 2. The number of Topliss-reactive ketones (excluding diaryl/α,β-unsaturated/α-hetero) is 1. The molecule has 0 saturated heterocycles.